The van der Waals surface area contributed by atoms with Gasteiger partial charge in [-0.3, -0.25) is 9.59 Å². The number of carbonyl (C=O) groups is 2. The molecular formula is C17H17BrN2O2. The highest BCUT2D eigenvalue weighted by atomic mass is 79.9. The van der Waals surface area contributed by atoms with E-state index in [1.54, 1.807) is 12.1 Å². The van der Waals surface area contributed by atoms with Crippen LogP contribution in [0.5, 0.6) is 0 Å². The van der Waals surface area contributed by atoms with E-state index in [-0.39, 0.29) is 18.2 Å². The smallest absolute Gasteiger partial charge is 0.233 e. The molecule has 2 aromatic carbocycles. The van der Waals surface area contributed by atoms with Crippen LogP contribution in [-0.4, -0.2) is 11.8 Å². The van der Waals surface area contributed by atoms with Gasteiger partial charge in [0.1, 0.15) is 6.42 Å². The van der Waals surface area contributed by atoms with Crippen molar-refractivity contribution in [2.24, 2.45) is 0 Å². The number of benzene rings is 2. The highest BCUT2D eigenvalue weighted by molar-refractivity contribution is 9.10. The van der Waals surface area contributed by atoms with Gasteiger partial charge in [0.25, 0.3) is 0 Å². The Morgan fingerprint density at radius 3 is 2.27 bits per heavy atom. The average molecular weight is 361 g/mol. The maximum Gasteiger partial charge on any atom is 0.233 e. The quantitative estimate of drug-likeness (QED) is 0.792. The van der Waals surface area contributed by atoms with Crippen molar-refractivity contribution in [3.05, 3.63) is 58.6 Å². The fraction of sp³-hybridized carbons (Fsp3) is 0.176. The van der Waals surface area contributed by atoms with E-state index in [1.165, 1.54) is 0 Å². The van der Waals surface area contributed by atoms with E-state index >= 15 is 0 Å². The van der Waals surface area contributed by atoms with E-state index in [1.807, 2.05) is 43.3 Å². The number of aryl methyl sites for hydroxylation is 1. The summed E-state index contributed by atoms with van der Waals surface area (Å²) in [5, 5.41) is 5.47. The number of carbonyl (C=O) groups excluding carboxylic acids is 2. The van der Waals surface area contributed by atoms with Gasteiger partial charge in [0.2, 0.25) is 11.8 Å². The van der Waals surface area contributed by atoms with Crippen LogP contribution in [0.4, 0.5) is 11.4 Å². The molecule has 0 saturated heterocycles. The van der Waals surface area contributed by atoms with E-state index in [2.05, 4.69) is 26.6 Å². The molecule has 22 heavy (non-hydrogen) atoms. The summed E-state index contributed by atoms with van der Waals surface area (Å²) in [6.45, 7) is 2.02. The highest BCUT2D eigenvalue weighted by Crippen LogP contribution is 2.16. The molecule has 0 atom stereocenters. The summed E-state index contributed by atoms with van der Waals surface area (Å²) in [6.07, 6.45) is 0.607. The Kier molecular flexibility index (Phi) is 5.72. The van der Waals surface area contributed by atoms with Gasteiger partial charge in [-0.05, 0) is 42.3 Å². The molecular weight excluding hydrogens is 344 g/mol. The van der Waals surface area contributed by atoms with Crippen LogP contribution in [0.2, 0.25) is 0 Å². The summed E-state index contributed by atoms with van der Waals surface area (Å²) in [5.74, 6) is -0.663. The minimum absolute atomic E-state index is 0.214. The number of anilines is 2. The summed E-state index contributed by atoms with van der Waals surface area (Å²) in [4.78, 5) is 23.8. The minimum atomic E-state index is -0.339. The Hall–Kier alpha value is -2.14. The summed E-state index contributed by atoms with van der Waals surface area (Å²) in [5.41, 5.74) is 2.46. The fourth-order valence-electron chi connectivity index (χ4n) is 2.03. The summed E-state index contributed by atoms with van der Waals surface area (Å²) < 4.78 is 0.930. The zero-order valence-electron chi connectivity index (χ0n) is 12.2. The van der Waals surface area contributed by atoms with E-state index in [0.717, 1.165) is 22.1 Å². The van der Waals surface area contributed by atoms with E-state index in [4.69, 9.17) is 0 Å². The zero-order chi connectivity index (χ0) is 15.9. The first kappa shape index (κ1) is 16.2. The maximum atomic E-state index is 12.0. The van der Waals surface area contributed by atoms with Crippen molar-refractivity contribution in [2.45, 2.75) is 19.8 Å². The number of nitrogens with one attached hydrogen (secondary N) is 2. The molecule has 0 saturated carbocycles. The van der Waals surface area contributed by atoms with Gasteiger partial charge in [0.15, 0.2) is 0 Å². The lowest BCUT2D eigenvalue weighted by atomic mass is 10.1. The highest BCUT2D eigenvalue weighted by Gasteiger charge is 2.11. The molecule has 2 rings (SSSR count). The van der Waals surface area contributed by atoms with Crippen molar-refractivity contribution in [3.63, 3.8) is 0 Å². The lowest BCUT2D eigenvalue weighted by Gasteiger charge is -2.10. The van der Waals surface area contributed by atoms with Crippen LogP contribution in [-0.2, 0) is 16.0 Å². The Balaban J connectivity index is 1.91. The lowest BCUT2D eigenvalue weighted by molar-refractivity contribution is -0.123. The minimum Gasteiger partial charge on any atom is -0.326 e. The van der Waals surface area contributed by atoms with Gasteiger partial charge in [-0.2, -0.15) is 0 Å². The van der Waals surface area contributed by atoms with Gasteiger partial charge < -0.3 is 10.6 Å². The Morgan fingerprint density at radius 1 is 0.955 bits per heavy atom. The number of halogens is 1. The molecule has 2 aromatic rings. The number of hydrogen-bond acceptors (Lipinski definition) is 2. The predicted octanol–water partition coefficient (Wildman–Crippen LogP) is 3.98. The van der Waals surface area contributed by atoms with Gasteiger partial charge in [-0.25, -0.2) is 0 Å². The molecule has 0 aliphatic carbocycles. The average Bonchev–Trinajstić information content (AvgIpc) is 2.50. The first-order valence-corrected chi connectivity index (χ1v) is 7.81. The van der Waals surface area contributed by atoms with Crippen molar-refractivity contribution >= 4 is 39.1 Å². The molecule has 2 amide bonds. The van der Waals surface area contributed by atoms with E-state index < -0.39 is 0 Å². The molecule has 0 fully saturated rings. The van der Waals surface area contributed by atoms with Crippen molar-refractivity contribution in [3.8, 4) is 0 Å². The number of amides is 2. The second-order valence-electron chi connectivity index (χ2n) is 4.79. The molecule has 0 spiro atoms. The summed E-state index contributed by atoms with van der Waals surface area (Å²) >= 11 is 3.33. The van der Waals surface area contributed by atoms with Crippen LogP contribution in [0.3, 0.4) is 0 Å². The SMILES string of the molecule is CCc1ccccc1NC(=O)CC(=O)Nc1ccc(Br)cc1. The largest absolute Gasteiger partial charge is 0.326 e. The van der Waals surface area contributed by atoms with Crippen LogP contribution in [0, 0.1) is 0 Å². The Bertz CT molecular complexity index is 669. The predicted molar refractivity (Wildman–Crippen MR) is 91.8 cm³/mol. The topological polar surface area (TPSA) is 58.2 Å². The Labute approximate surface area is 138 Å². The molecule has 0 radical (unpaired) electrons. The fourth-order valence-corrected chi connectivity index (χ4v) is 2.29. The molecule has 0 bridgehead atoms. The molecule has 0 unspecified atom stereocenters. The Morgan fingerprint density at radius 2 is 1.59 bits per heavy atom. The van der Waals surface area contributed by atoms with E-state index in [0.29, 0.717) is 5.69 Å². The molecule has 0 heterocycles. The van der Waals surface area contributed by atoms with Crippen LogP contribution in [0.15, 0.2) is 53.0 Å². The first-order valence-electron chi connectivity index (χ1n) is 7.01. The van der Waals surface area contributed by atoms with Gasteiger partial charge in [0, 0.05) is 15.8 Å². The van der Waals surface area contributed by atoms with Crippen molar-refractivity contribution < 1.29 is 9.59 Å². The van der Waals surface area contributed by atoms with Gasteiger partial charge in [-0.15, -0.1) is 0 Å². The monoisotopic (exact) mass is 360 g/mol. The second kappa shape index (κ2) is 7.75. The molecule has 0 aliphatic heterocycles. The maximum absolute atomic E-state index is 12.0. The lowest BCUT2D eigenvalue weighted by Crippen LogP contribution is -2.21. The van der Waals surface area contributed by atoms with Crippen LogP contribution < -0.4 is 10.6 Å². The number of para-hydroxylation sites is 1. The number of hydrogen-bond donors (Lipinski definition) is 2. The number of rotatable bonds is 5. The van der Waals surface area contributed by atoms with Gasteiger partial charge >= 0.3 is 0 Å². The normalized spacial score (nSPS) is 10.1. The molecule has 4 nitrogen and oxygen atoms in total. The second-order valence-corrected chi connectivity index (χ2v) is 5.71. The molecule has 2 N–H and O–H groups in total. The third kappa shape index (κ3) is 4.70. The van der Waals surface area contributed by atoms with Crippen molar-refractivity contribution in [2.75, 3.05) is 10.6 Å². The molecule has 0 aliphatic rings. The molecule has 114 valence electrons. The standard InChI is InChI=1S/C17H17BrN2O2/c1-2-12-5-3-4-6-15(12)20-17(22)11-16(21)19-14-9-7-13(18)8-10-14/h3-10H,2,11H2,1H3,(H,19,21)(H,20,22). The van der Waals surface area contributed by atoms with Crippen molar-refractivity contribution in [1.82, 2.24) is 0 Å². The van der Waals surface area contributed by atoms with Crippen molar-refractivity contribution in [1.29, 1.82) is 0 Å². The zero-order valence-corrected chi connectivity index (χ0v) is 13.8. The third-order valence-corrected chi connectivity index (χ3v) is 3.65. The van der Waals surface area contributed by atoms with Crippen LogP contribution in [0.25, 0.3) is 0 Å². The van der Waals surface area contributed by atoms with Crippen LogP contribution >= 0.6 is 15.9 Å². The summed E-state index contributed by atoms with van der Waals surface area (Å²) in [7, 11) is 0. The van der Waals surface area contributed by atoms with Gasteiger partial charge in [-0.1, -0.05) is 41.1 Å². The summed E-state index contributed by atoms with van der Waals surface area (Å²) in [6, 6.07) is 14.8. The third-order valence-electron chi connectivity index (χ3n) is 3.12. The first-order chi connectivity index (χ1) is 10.6. The molecule has 0 aromatic heterocycles. The van der Waals surface area contributed by atoms with Gasteiger partial charge in [0.05, 0.1) is 0 Å². The van der Waals surface area contributed by atoms with E-state index in [9.17, 15) is 9.59 Å². The molecule has 5 heteroatoms. The van der Waals surface area contributed by atoms with Crippen LogP contribution in [0.1, 0.15) is 18.9 Å².